The Balaban J connectivity index is 3.36. The zero-order valence-corrected chi connectivity index (χ0v) is 14.7. The number of hydrogen-bond donors (Lipinski definition) is 0. The molecule has 9 heteroatoms. The van der Waals surface area contributed by atoms with E-state index in [4.69, 9.17) is 0 Å². The van der Waals surface area contributed by atoms with Crippen LogP contribution < -0.4 is 0 Å². The second-order valence-corrected chi connectivity index (χ2v) is 6.13. The van der Waals surface area contributed by atoms with Crippen molar-refractivity contribution in [2.24, 2.45) is 0 Å². The molecular formula is C16H29N3O6. The molecule has 0 N–H and O–H groups in total. The van der Waals surface area contributed by atoms with E-state index in [-0.39, 0.29) is 17.9 Å². The van der Waals surface area contributed by atoms with Gasteiger partial charge >= 0.3 is 6.17 Å². The third-order valence-corrected chi connectivity index (χ3v) is 3.95. The van der Waals surface area contributed by atoms with Gasteiger partial charge in [0.25, 0.3) is 0 Å². The van der Waals surface area contributed by atoms with Crippen molar-refractivity contribution in [2.75, 3.05) is 6.54 Å². The molecule has 0 saturated heterocycles. The van der Waals surface area contributed by atoms with Gasteiger partial charge in [0, 0.05) is 11.3 Å². The van der Waals surface area contributed by atoms with Gasteiger partial charge in [-0.1, -0.05) is 37.8 Å². The van der Waals surface area contributed by atoms with Crippen molar-refractivity contribution in [1.29, 1.82) is 0 Å². The molecule has 0 aliphatic heterocycles. The highest BCUT2D eigenvalue weighted by Crippen LogP contribution is 2.11. The number of unbranched alkanes of at least 4 members (excludes halogenated alkanes) is 9. The van der Waals surface area contributed by atoms with E-state index >= 15 is 0 Å². The summed E-state index contributed by atoms with van der Waals surface area (Å²) in [5.74, 6) is 0. The molecule has 0 unspecified atom stereocenters. The summed E-state index contributed by atoms with van der Waals surface area (Å²) in [4.78, 5) is 29.1. The van der Waals surface area contributed by atoms with Crippen LogP contribution in [0.2, 0.25) is 0 Å². The predicted octanol–water partition coefficient (Wildman–Crippen LogP) is 4.38. The van der Waals surface area contributed by atoms with E-state index in [9.17, 15) is 30.3 Å². The first kappa shape index (κ1) is 22.9. The highest BCUT2D eigenvalue weighted by Gasteiger charge is 2.30. The first-order valence-electron chi connectivity index (χ1n) is 8.99. The maximum Gasteiger partial charge on any atom is 0.450 e. The highest BCUT2D eigenvalue weighted by atomic mass is 16.7. The lowest BCUT2D eigenvalue weighted by molar-refractivity contribution is -0.743. The van der Waals surface area contributed by atoms with Crippen molar-refractivity contribution in [3.63, 3.8) is 0 Å². The van der Waals surface area contributed by atoms with Gasteiger partial charge in [0.15, 0.2) is 0 Å². The molecule has 0 aromatic heterocycles. The lowest BCUT2D eigenvalue weighted by Crippen LogP contribution is -2.28. The van der Waals surface area contributed by atoms with Crippen LogP contribution in [0, 0.1) is 30.3 Å². The van der Waals surface area contributed by atoms with Gasteiger partial charge in [0.1, 0.15) is 0 Å². The van der Waals surface area contributed by atoms with E-state index in [0.29, 0.717) is 12.8 Å². The number of hydrogen-bond acceptors (Lipinski definition) is 6. The van der Waals surface area contributed by atoms with Crippen LogP contribution in [-0.2, 0) is 0 Å². The van der Waals surface area contributed by atoms with Gasteiger partial charge in [-0.2, -0.15) is 0 Å². The lowest BCUT2D eigenvalue weighted by Gasteiger charge is -2.02. The van der Waals surface area contributed by atoms with Crippen LogP contribution in [0.3, 0.4) is 0 Å². The molecule has 0 spiro atoms. The normalized spacial score (nSPS) is 11.2. The van der Waals surface area contributed by atoms with Crippen molar-refractivity contribution in [2.45, 2.75) is 83.2 Å². The van der Waals surface area contributed by atoms with Crippen molar-refractivity contribution < 1.29 is 14.8 Å². The fraction of sp³-hybridized carbons (Fsp3) is 0.875. The molecule has 0 atom stereocenters. The molecule has 9 nitrogen and oxygen atoms in total. The number of allylic oxidation sites excluding steroid dienone is 2. The zero-order chi connectivity index (χ0) is 18.9. The molecule has 0 saturated carbocycles. The topological polar surface area (TPSA) is 129 Å². The Kier molecular flexibility index (Phi) is 14.2. The summed E-state index contributed by atoms with van der Waals surface area (Å²) in [6.07, 6.45) is 12.6. The Morgan fingerprint density at radius 1 is 0.640 bits per heavy atom. The van der Waals surface area contributed by atoms with Crippen molar-refractivity contribution in [1.82, 2.24) is 0 Å². The van der Waals surface area contributed by atoms with E-state index < -0.39 is 16.0 Å². The molecule has 0 bridgehead atoms. The predicted molar refractivity (Wildman–Crippen MR) is 94.2 cm³/mol. The van der Waals surface area contributed by atoms with Gasteiger partial charge in [-0.25, -0.2) is 0 Å². The average molecular weight is 359 g/mol. The van der Waals surface area contributed by atoms with Crippen molar-refractivity contribution >= 4 is 0 Å². The van der Waals surface area contributed by atoms with Gasteiger partial charge in [-0.05, 0) is 38.5 Å². The summed E-state index contributed by atoms with van der Waals surface area (Å²) in [6.45, 7) is 0.0641. The average Bonchev–Trinajstić information content (AvgIpc) is 2.53. The van der Waals surface area contributed by atoms with Gasteiger partial charge in [0.05, 0.1) is 16.3 Å². The Morgan fingerprint density at radius 3 is 1.56 bits per heavy atom. The molecule has 0 aromatic carbocycles. The van der Waals surface area contributed by atoms with Crippen LogP contribution in [0.25, 0.3) is 0 Å². The lowest BCUT2D eigenvalue weighted by atomic mass is 10.1. The quantitative estimate of drug-likeness (QED) is 0.124. The second-order valence-electron chi connectivity index (χ2n) is 6.13. The van der Waals surface area contributed by atoms with Crippen molar-refractivity contribution in [3.05, 3.63) is 42.5 Å². The maximum atomic E-state index is 10.5. The molecule has 0 aromatic rings. The number of rotatable bonds is 17. The van der Waals surface area contributed by atoms with Crippen LogP contribution in [-0.4, -0.2) is 27.5 Å². The Morgan fingerprint density at radius 2 is 1.08 bits per heavy atom. The third kappa shape index (κ3) is 15.2. The standard InChI is InChI=1S/C16H29N3O6/c20-17(21)15-13-11-9-7-5-3-1-2-4-6-8-10-12-14-16(18(22)23)19(24)25/h1,3,16H,2,4-15H2/b3-1-. The largest absolute Gasteiger partial charge is 0.450 e. The minimum Gasteiger partial charge on any atom is -0.265 e. The summed E-state index contributed by atoms with van der Waals surface area (Å²) < 4.78 is 0. The van der Waals surface area contributed by atoms with Crippen LogP contribution in [0.15, 0.2) is 12.2 Å². The molecule has 0 rings (SSSR count). The summed E-state index contributed by atoms with van der Waals surface area (Å²) in [7, 11) is 0. The zero-order valence-electron chi connectivity index (χ0n) is 14.7. The van der Waals surface area contributed by atoms with E-state index in [0.717, 1.165) is 57.8 Å². The second kappa shape index (κ2) is 15.5. The van der Waals surface area contributed by atoms with E-state index in [1.165, 1.54) is 0 Å². The molecule has 0 amide bonds. The van der Waals surface area contributed by atoms with E-state index in [1.54, 1.807) is 0 Å². The Labute approximate surface area is 147 Å². The fourth-order valence-corrected chi connectivity index (χ4v) is 2.50. The van der Waals surface area contributed by atoms with Crippen LogP contribution >= 0.6 is 0 Å². The minimum atomic E-state index is -1.66. The summed E-state index contributed by atoms with van der Waals surface area (Å²) >= 11 is 0. The first-order valence-corrected chi connectivity index (χ1v) is 8.99. The number of nitrogens with zero attached hydrogens (tertiary/aromatic N) is 3. The van der Waals surface area contributed by atoms with Gasteiger partial charge in [-0.3, -0.25) is 30.3 Å². The van der Waals surface area contributed by atoms with Gasteiger partial charge < -0.3 is 0 Å². The maximum absolute atomic E-state index is 10.5. The Bertz CT molecular complexity index is 414. The van der Waals surface area contributed by atoms with Crippen LogP contribution in [0.4, 0.5) is 0 Å². The molecule has 0 radical (unpaired) electrons. The van der Waals surface area contributed by atoms with Crippen LogP contribution in [0.5, 0.6) is 0 Å². The molecule has 0 fully saturated rings. The van der Waals surface area contributed by atoms with Gasteiger partial charge in [0.2, 0.25) is 6.54 Å². The minimum absolute atomic E-state index is 0.00155. The smallest absolute Gasteiger partial charge is 0.265 e. The van der Waals surface area contributed by atoms with Crippen LogP contribution in [0.1, 0.15) is 77.0 Å². The fourth-order valence-electron chi connectivity index (χ4n) is 2.50. The first-order chi connectivity index (χ1) is 11.9. The molecular weight excluding hydrogens is 330 g/mol. The molecule has 144 valence electrons. The molecule has 0 aliphatic rings. The third-order valence-electron chi connectivity index (χ3n) is 3.95. The van der Waals surface area contributed by atoms with Crippen molar-refractivity contribution in [3.8, 4) is 0 Å². The summed E-state index contributed by atoms with van der Waals surface area (Å²) in [5.41, 5.74) is 0. The van der Waals surface area contributed by atoms with Gasteiger partial charge in [-0.15, -0.1) is 0 Å². The molecule has 0 heterocycles. The monoisotopic (exact) mass is 359 g/mol. The number of nitro groups is 3. The SMILES string of the molecule is O=[N+]([O-])CCCCCC/C=C\CCCCCCCC([N+](=O)[O-])[N+](=O)[O-]. The van der Waals surface area contributed by atoms with E-state index in [2.05, 4.69) is 12.2 Å². The summed E-state index contributed by atoms with van der Waals surface area (Å²) in [5, 5.41) is 31.1. The summed E-state index contributed by atoms with van der Waals surface area (Å²) in [6, 6.07) is 0. The highest BCUT2D eigenvalue weighted by molar-refractivity contribution is 4.81. The Hall–Kier alpha value is -2.06. The molecule has 25 heavy (non-hydrogen) atoms. The van der Waals surface area contributed by atoms with E-state index in [1.807, 2.05) is 0 Å². The molecule has 0 aliphatic carbocycles.